The van der Waals surface area contributed by atoms with E-state index in [4.69, 9.17) is 9.47 Å². The Kier molecular flexibility index (Phi) is 24.4. The second-order valence-electron chi connectivity index (χ2n) is 6.89. The minimum Gasteiger partial charge on any atom is -0.497 e. The zero-order valence-corrected chi connectivity index (χ0v) is 22.3. The summed E-state index contributed by atoms with van der Waals surface area (Å²) in [5, 5.41) is 0. The van der Waals surface area contributed by atoms with Gasteiger partial charge in [0, 0.05) is 4.90 Å². The molecule has 0 bridgehead atoms. The fourth-order valence-corrected chi connectivity index (χ4v) is 2.11. The maximum Gasteiger partial charge on any atom is 0.293 e. The number of hydrogen-bond donors (Lipinski definition) is 0. The van der Waals surface area contributed by atoms with Gasteiger partial charge in [0.15, 0.2) is 0 Å². The van der Waals surface area contributed by atoms with Crippen molar-refractivity contribution < 1.29 is 19.0 Å². The number of hydrogen-bond acceptors (Lipinski definition) is 5. The zero-order valence-electron chi connectivity index (χ0n) is 21.4. The van der Waals surface area contributed by atoms with Crippen LogP contribution < -0.4 is 9.47 Å². The monoisotopic (exact) mass is 452 g/mol. The molecule has 0 aliphatic carbocycles. The van der Waals surface area contributed by atoms with Gasteiger partial charge in [-0.25, -0.2) is 0 Å². The van der Waals surface area contributed by atoms with E-state index in [1.807, 2.05) is 77.9 Å². The van der Waals surface area contributed by atoms with Crippen molar-refractivity contribution in [2.75, 3.05) is 20.5 Å². The first kappa shape index (κ1) is 33.5. The van der Waals surface area contributed by atoms with Gasteiger partial charge in [-0.05, 0) is 69.8 Å². The van der Waals surface area contributed by atoms with Gasteiger partial charge >= 0.3 is 0 Å². The number of methoxy groups -OCH3 is 2. The van der Waals surface area contributed by atoms with E-state index in [2.05, 4.69) is 37.0 Å². The van der Waals surface area contributed by atoms with Gasteiger partial charge in [-0.2, -0.15) is 0 Å². The second kappa shape index (κ2) is 22.5. The molecule has 2 aromatic rings. The van der Waals surface area contributed by atoms with Gasteiger partial charge in [0.1, 0.15) is 17.1 Å². The van der Waals surface area contributed by atoms with E-state index in [-0.39, 0.29) is 5.60 Å². The topological polar surface area (TPSA) is 44.8 Å². The number of rotatable bonds is 4. The summed E-state index contributed by atoms with van der Waals surface area (Å²) >= 11 is 1.77. The molecule has 0 amide bonds. The normalized spacial score (nSPS) is 8.87. The Morgan fingerprint density at radius 2 is 1.45 bits per heavy atom. The van der Waals surface area contributed by atoms with E-state index in [1.54, 1.807) is 26.0 Å². The molecule has 0 fully saturated rings. The van der Waals surface area contributed by atoms with Crippen molar-refractivity contribution in [3.63, 3.8) is 0 Å². The average molecular weight is 453 g/mol. The van der Waals surface area contributed by atoms with Crippen molar-refractivity contribution in [3.8, 4) is 11.5 Å². The van der Waals surface area contributed by atoms with Crippen LogP contribution in [-0.2, 0) is 9.53 Å². The Bertz CT molecular complexity index is 638. The van der Waals surface area contributed by atoms with Crippen molar-refractivity contribution in [1.29, 1.82) is 0 Å². The second-order valence-corrected chi connectivity index (χ2v) is 7.77. The number of ether oxygens (including phenoxy) is 3. The van der Waals surface area contributed by atoms with Crippen molar-refractivity contribution in [2.45, 2.75) is 72.3 Å². The third-order valence-electron chi connectivity index (χ3n) is 2.98. The van der Waals surface area contributed by atoms with Gasteiger partial charge in [-0.1, -0.05) is 52.3 Å². The predicted octanol–water partition coefficient (Wildman–Crippen LogP) is 7.82. The first-order chi connectivity index (χ1) is 14.7. The maximum absolute atomic E-state index is 9.60. The predicted molar refractivity (Wildman–Crippen MR) is 137 cm³/mol. The lowest BCUT2D eigenvalue weighted by atomic mass is 10.2. The van der Waals surface area contributed by atoms with Crippen molar-refractivity contribution >= 4 is 18.2 Å². The number of aryl methyl sites for hydroxylation is 1. The summed E-state index contributed by atoms with van der Waals surface area (Å²) in [4.78, 5) is 10.9. The molecule has 0 aromatic heterocycles. The molecule has 0 atom stereocenters. The van der Waals surface area contributed by atoms with E-state index in [1.165, 1.54) is 11.3 Å². The fraction of sp³-hybridized carbons (Fsp3) is 0.500. The van der Waals surface area contributed by atoms with Crippen LogP contribution in [0.5, 0.6) is 11.5 Å². The molecule has 4 nitrogen and oxygen atoms in total. The molecule has 2 rings (SSSR count). The quantitative estimate of drug-likeness (QED) is 0.349. The smallest absolute Gasteiger partial charge is 0.293 e. The summed E-state index contributed by atoms with van der Waals surface area (Å²) in [6.07, 6.45) is 3.33. The van der Waals surface area contributed by atoms with E-state index in [0.29, 0.717) is 6.47 Å². The van der Waals surface area contributed by atoms with Crippen LogP contribution in [0, 0.1) is 6.92 Å². The van der Waals surface area contributed by atoms with Crippen LogP contribution in [0.25, 0.3) is 0 Å². The molecule has 0 unspecified atom stereocenters. The highest BCUT2D eigenvalue weighted by atomic mass is 32.2. The first-order valence-corrected chi connectivity index (χ1v) is 11.8. The molecule has 0 saturated carbocycles. The standard InChI is InChI=1S/C9H12O2.C7H8S.C5H10O2.C3H8.C2H6/c1-7-6-8(10-2)4-5-9(7)11-3;1-8-7-5-3-2-4-6-7;1-5(2,3)7-4-6;1-3-2;1-2/h4-6H,1-3H3;2-6H,1H3;4H,1-3H3;3H2,1-2H3;1-2H3. The van der Waals surface area contributed by atoms with Crippen LogP contribution in [0.15, 0.2) is 53.4 Å². The van der Waals surface area contributed by atoms with E-state index >= 15 is 0 Å². The molecule has 0 aliphatic heterocycles. The highest BCUT2D eigenvalue weighted by Crippen LogP contribution is 2.22. The Morgan fingerprint density at radius 1 is 0.935 bits per heavy atom. The Morgan fingerprint density at radius 3 is 1.71 bits per heavy atom. The van der Waals surface area contributed by atoms with Gasteiger partial charge in [-0.15, -0.1) is 11.8 Å². The van der Waals surface area contributed by atoms with Gasteiger partial charge in [0.2, 0.25) is 0 Å². The molecule has 0 heterocycles. The Balaban J connectivity index is -0.000000351. The van der Waals surface area contributed by atoms with Crippen molar-refractivity contribution in [1.82, 2.24) is 0 Å². The van der Waals surface area contributed by atoms with Gasteiger partial charge < -0.3 is 14.2 Å². The van der Waals surface area contributed by atoms with E-state index in [9.17, 15) is 4.79 Å². The molecule has 5 heteroatoms. The minimum atomic E-state index is -0.318. The number of thioether (sulfide) groups is 1. The van der Waals surface area contributed by atoms with Gasteiger partial charge in [-0.3, -0.25) is 4.79 Å². The highest BCUT2D eigenvalue weighted by molar-refractivity contribution is 7.98. The molecule has 0 N–H and O–H groups in total. The molecule has 31 heavy (non-hydrogen) atoms. The molecule has 0 spiro atoms. The molecule has 178 valence electrons. The molecule has 0 saturated heterocycles. The van der Waals surface area contributed by atoms with E-state index in [0.717, 1.165) is 17.1 Å². The van der Waals surface area contributed by atoms with Gasteiger partial charge in [0.05, 0.1) is 14.2 Å². The van der Waals surface area contributed by atoms with Crippen LogP contribution in [0.2, 0.25) is 0 Å². The number of benzene rings is 2. The third kappa shape index (κ3) is 22.4. The lowest BCUT2D eigenvalue weighted by Gasteiger charge is -2.14. The van der Waals surface area contributed by atoms with Crippen LogP contribution >= 0.6 is 11.8 Å². The summed E-state index contributed by atoms with van der Waals surface area (Å²) in [5.41, 5.74) is 0.772. The van der Waals surface area contributed by atoms with Crippen LogP contribution in [0.3, 0.4) is 0 Å². The van der Waals surface area contributed by atoms with Crippen LogP contribution in [0.4, 0.5) is 0 Å². The summed E-state index contributed by atoms with van der Waals surface area (Å²) in [6, 6.07) is 16.0. The van der Waals surface area contributed by atoms with Crippen molar-refractivity contribution in [3.05, 3.63) is 54.1 Å². The number of carbonyl (C=O) groups is 1. The molecular weight excluding hydrogens is 408 g/mol. The van der Waals surface area contributed by atoms with Gasteiger partial charge in [0.25, 0.3) is 6.47 Å². The number of carbonyl (C=O) groups excluding carboxylic acids is 1. The fourth-order valence-electron chi connectivity index (χ4n) is 1.68. The average Bonchev–Trinajstić information content (AvgIpc) is 2.76. The maximum atomic E-state index is 9.60. The molecular formula is C26H44O4S. The molecule has 2 aromatic carbocycles. The summed E-state index contributed by atoms with van der Waals surface area (Å²) in [5.74, 6) is 1.76. The summed E-state index contributed by atoms with van der Waals surface area (Å²) < 4.78 is 14.7. The summed E-state index contributed by atoms with van der Waals surface area (Å²) in [7, 11) is 3.32. The minimum absolute atomic E-state index is 0.318. The third-order valence-corrected chi connectivity index (χ3v) is 3.73. The lowest BCUT2D eigenvalue weighted by molar-refractivity contribution is -0.138. The zero-order chi connectivity index (χ0) is 24.7. The van der Waals surface area contributed by atoms with Crippen LogP contribution in [-0.4, -0.2) is 32.5 Å². The highest BCUT2D eigenvalue weighted by Gasteiger charge is 2.07. The van der Waals surface area contributed by atoms with Crippen LogP contribution in [0.1, 0.15) is 60.5 Å². The van der Waals surface area contributed by atoms with Crippen molar-refractivity contribution in [2.24, 2.45) is 0 Å². The first-order valence-electron chi connectivity index (χ1n) is 10.6. The lowest BCUT2D eigenvalue weighted by Crippen LogP contribution is -2.17. The Hall–Kier alpha value is -2.14. The Labute approximate surface area is 195 Å². The SMILES string of the molecule is CC.CC(C)(C)OC=O.CCC.COc1ccc(OC)c(C)c1.CSc1ccccc1. The largest absolute Gasteiger partial charge is 0.497 e. The van der Waals surface area contributed by atoms with E-state index < -0.39 is 0 Å². The molecule has 0 aliphatic rings. The summed E-state index contributed by atoms with van der Waals surface area (Å²) in [6.45, 7) is 16.2. The molecule has 0 radical (unpaired) electrons.